The van der Waals surface area contributed by atoms with E-state index in [1.54, 1.807) is 6.07 Å². The van der Waals surface area contributed by atoms with Gasteiger partial charge in [0.1, 0.15) is 5.75 Å². The molecule has 0 fully saturated rings. The number of likely N-dealkylation sites (N-methyl/N-ethyl adjacent to an activating group) is 1. The number of benzene rings is 3. The van der Waals surface area contributed by atoms with E-state index in [9.17, 15) is 5.11 Å². The third-order valence-corrected chi connectivity index (χ3v) is 4.58. The standard InChI is InChI=1S/C26H27NO.ClH/c1-20(19-27(2)3)26(24-10-7-11-25(28)18-24)23-16-14-22(15-17-23)13-12-21-8-5-4-6-9-21;/h4-18,28H,19H2,1-3H3;1H/b13-12?,26-20-;. The van der Waals surface area contributed by atoms with Gasteiger partial charge in [-0.3, -0.25) is 0 Å². The first kappa shape index (κ1) is 22.5. The molecule has 0 aliphatic heterocycles. The van der Waals surface area contributed by atoms with Crippen molar-refractivity contribution in [2.45, 2.75) is 6.92 Å². The van der Waals surface area contributed by atoms with Gasteiger partial charge in [0.25, 0.3) is 0 Å². The highest BCUT2D eigenvalue weighted by Crippen LogP contribution is 2.29. The number of hydrogen-bond acceptors (Lipinski definition) is 2. The number of rotatable bonds is 6. The van der Waals surface area contributed by atoms with Crippen LogP contribution in [0.3, 0.4) is 0 Å². The average Bonchev–Trinajstić information content (AvgIpc) is 2.68. The molecule has 0 unspecified atom stereocenters. The minimum atomic E-state index is 0. The minimum Gasteiger partial charge on any atom is -0.508 e. The summed E-state index contributed by atoms with van der Waals surface area (Å²) in [7, 11) is 4.14. The van der Waals surface area contributed by atoms with E-state index in [2.05, 4.69) is 80.5 Å². The molecule has 0 aliphatic carbocycles. The Kier molecular flexibility index (Phi) is 8.26. The first-order valence-corrected chi connectivity index (χ1v) is 9.50. The van der Waals surface area contributed by atoms with E-state index < -0.39 is 0 Å². The third kappa shape index (κ3) is 6.35. The molecule has 3 aromatic rings. The molecule has 0 amide bonds. The molecular weight excluding hydrogens is 378 g/mol. The van der Waals surface area contributed by atoms with Crippen molar-refractivity contribution in [3.63, 3.8) is 0 Å². The summed E-state index contributed by atoms with van der Waals surface area (Å²) >= 11 is 0. The van der Waals surface area contributed by atoms with E-state index in [1.807, 2.05) is 30.3 Å². The lowest BCUT2D eigenvalue weighted by Crippen LogP contribution is -2.15. The van der Waals surface area contributed by atoms with E-state index in [0.29, 0.717) is 0 Å². The van der Waals surface area contributed by atoms with Crippen molar-refractivity contribution >= 4 is 30.1 Å². The van der Waals surface area contributed by atoms with E-state index >= 15 is 0 Å². The number of hydrogen-bond donors (Lipinski definition) is 1. The molecule has 0 heterocycles. The fourth-order valence-corrected chi connectivity index (χ4v) is 3.39. The van der Waals surface area contributed by atoms with E-state index in [4.69, 9.17) is 0 Å². The molecule has 29 heavy (non-hydrogen) atoms. The maximum absolute atomic E-state index is 9.95. The zero-order valence-electron chi connectivity index (χ0n) is 17.2. The van der Waals surface area contributed by atoms with Gasteiger partial charge < -0.3 is 10.0 Å². The molecule has 0 bridgehead atoms. The normalized spacial score (nSPS) is 12.0. The van der Waals surface area contributed by atoms with Gasteiger partial charge in [0.05, 0.1) is 0 Å². The number of aromatic hydroxyl groups is 1. The minimum absolute atomic E-state index is 0. The van der Waals surface area contributed by atoms with Gasteiger partial charge in [0, 0.05) is 6.54 Å². The number of halogens is 1. The second-order valence-electron chi connectivity index (χ2n) is 7.31. The number of phenolic OH excluding ortho intramolecular Hbond substituents is 1. The Morgan fingerprint density at radius 1 is 0.793 bits per heavy atom. The summed E-state index contributed by atoms with van der Waals surface area (Å²) in [6, 6.07) is 26.4. The molecule has 3 rings (SSSR count). The Labute approximate surface area is 180 Å². The van der Waals surface area contributed by atoms with Gasteiger partial charge in [0.2, 0.25) is 0 Å². The van der Waals surface area contributed by atoms with E-state index in [1.165, 1.54) is 16.7 Å². The second-order valence-corrected chi connectivity index (χ2v) is 7.31. The first-order chi connectivity index (χ1) is 13.5. The Morgan fingerprint density at radius 3 is 2.00 bits per heavy atom. The average molecular weight is 406 g/mol. The zero-order chi connectivity index (χ0) is 19.9. The van der Waals surface area contributed by atoms with Crippen LogP contribution >= 0.6 is 12.4 Å². The van der Waals surface area contributed by atoms with Gasteiger partial charge in [-0.15, -0.1) is 12.4 Å². The van der Waals surface area contributed by atoms with Gasteiger partial charge in [-0.25, -0.2) is 0 Å². The summed E-state index contributed by atoms with van der Waals surface area (Å²) in [5.41, 5.74) is 6.97. The lowest BCUT2D eigenvalue weighted by atomic mass is 9.92. The molecule has 0 saturated heterocycles. The molecule has 150 valence electrons. The lowest BCUT2D eigenvalue weighted by Gasteiger charge is -2.17. The third-order valence-electron chi connectivity index (χ3n) is 4.58. The van der Waals surface area contributed by atoms with Gasteiger partial charge in [-0.05, 0) is 61.0 Å². The molecule has 0 spiro atoms. The van der Waals surface area contributed by atoms with Crippen molar-refractivity contribution in [3.05, 3.63) is 107 Å². The van der Waals surface area contributed by atoms with Crippen LogP contribution in [-0.2, 0) is 0 Å². The van der Waals surface area contributed by atoms with Gasteiger partial charge >= 0.3 is 0 Å². The van der Waals surface area contributed by atoms with Crippen LogP contribution in [0.25, 0.3) is 17.7 Å². The largest absolute Gasteiger partial charge is 0.508 e. The number of phenols is 1. The van der Waals surface area contributed by atoms with Crippen LogP contribution in [0, 0.1) is 0 Å². The van der Waals surface area contributed by atoms with Crippen LogP contribution in [0.1, 0.15) is 29.2 Å². The maximum Gasteiger partial charge on any atom is 0.116 e. The molecule has 3 heteroatoms. The van der Waals surface area contributed by atoms with Gasteiger partial charge in [0.15, 0.2) is 0 Å². The van der Waals surface area contributed by atoms with Crippen LogP contribution < -0.4 is 0 Å². The summed E-state index contributed by atoms with van der Waals surface area (Å²) in [5, 5.41) is 9.95. The van der Waals surface area contributed by atoms with Crippen LogP contribution in [0.15, 0.2) is 84.4 Å². The quantitative estimate of drug-likeness (QED) is 0.482. The molecule has 0 radical (unpaired) electrons. The fraction of sp³-hybridized carbons (Fsp3) is 0.154. The van der Waals surface area contributed by atoms with Crippen molar-refractivity contribution in [2.24, 2.45) is 0 Å². The highest BCUT2D eigenvalue weighted by molar-refractivity contribution is 5.85. The van der Waals surface area contributed by atoms with Crippen molar-refractivity contribution in [1.29, 1.82) is 0 Å². The molecule has 3 aromatic carbocycles. The highest BCUT2D eigenvalue weighted by Gasteiger charge is 2.10. The summed E-state index contributed by atoms with van der Waals surface area (Å²) in [6.45, 7) is 3.02. The van der Waals surface area contributed by atoms with E-state index in [0.717, 1.165) is 23.2 Å². The Bertz CT molecular complexity index is 973. The summed E-state index contributed by atoms with van der Waals surface area (Å²) in [5.74, 6) is 0.287. The summed E-state index contributed by atoms with van der Waals surface area (Å²) in [4.78, 5) is 2.16. The molecule has 0 aromatic heterocycles. The summed E-state index contributed by atoms with van der Waals surface area (Å²) in [6.07, 6.45) is 4.25. The van der Waals surface area contributed by atoms with Crippen LogP contribution in [0.5, 0.6) is 5.75 Å². The van der Waals surface area contributed by atoms with Gasteiger partial charge in [-0.1, -0.05) is 84.5 Å². The molecular formula is C26H28ClNO. The Morgan fingerprint density at radius 2 is 1.41 bits per heavy atom. The first-order valence-electron chi connectivity index (χ1n) is 9.50. The van der Waals surface area contributed by atoms with Crippen molar-refractivity contribution in [3.8, 4) is 5.75 Å². The predicted molar refractivity (Wildman–Crippen MR) is 127 cm³/mol. The Balaban J connectivity index is 0.00000300. The zero-order valence-corrected chi connectivity index (χ0v) is 18.0. The lowest BCUT2D eigenvalue weighted by molar-refractivity contribution is 0.446. The smallest absolute Gasteiger partial charge is 0.116 e. The molecule has 0 atom stereocenters. The highest BCUT2D eigenvalue weighted by atomic mass is 35.5. The monoisotopic (exact) mass is 405 g/mol. The molecule has 2 nitrogen and oxygen atoms in total. The van der Waals surface area contributed by atoms with E-state index in [-0.39, 0.29) is 18.2 Å². The Hall–Kier alpha value is -2.81. The molecule has 1 N–H and O–H groups in total. The number of nitrogens with zero attached hydrogens (tertiary/aromatic N) is 1. The molecule has 0 aliphatic rings. The fourth-order valence-electron chi connectivity index (χ4n) is 3.39. The SMILES string of the molecule is C/C(CN(C)C)=C(\c1ccc(C=Cc2ccccc2)cc1)c1cccc(O)c1.Cl. The van der Waals surface area contributed by atoms with Crippen LogP contribution in [-0.4, -0.2) is 30.6 Å². The maximum atomic E-state index is 9.95. The summed E-state index contributed by atoms with van der Waals surface area (Å²) < 4.78 is 0. The van der Waals surface area contributed by atoms with Crippen molar-refractivity contribution < 1.29 is 5.11 Å². The second kappa shape index (κ2) is 10.7. The topological polar surface area (TPSA) is 23.5 Å². The van der Waals surface area contributed by atoms with Crippen LogP contribution in [0.2, 0.25) is 0 Å². The van der Waals surface area contributed by atoms with Crippen molar-refractivity contribution in [2.75, 3.05) is 20.6 Å². The van der Waals surface area contributed by atoms with Gasteiger partial charge in [-0.2, -0.15) is 0 Å². The predicted octanol–water partition coefficient (Wildman–Crippen LogP) is 6.37. The molecule has 0 saturated carbocycles. The van der Waals surface area contributed by atoms with Crippen molar-refractivity contribution in [1.82, 2.24) is 4.90 Å². The van der Waals surface area contributed by atoms with Crippen LogP contribution in [0.4, 0.5) is 0 Å².